The largest absolute Gasteiger partial charge is 0.484 e. The molecule has 0 spiro atoms. The molecule has 0 aliphatic rings. The minimum absolute atomic E-state index is 0.122. The second-order valence-electron chi connectivity index (χ2n) is 6.18. The summed E-state index contributed by atoms with van der Waals surface area (Å²) in [7, 11) is 0. The van der Waals surface area contributed by atoms with Crippen molar-refractivity contribution in [2.45, 2.75) is 6.54 Å². The molecule has 0 fully saturated rings. The van der Waals surface area contributed by atoms with Gasteiger partial charge in [0.05, 0.1) is 18.5 Å². The highest BCUT2D eigenvalue weighted by Crippen LogP contribution is 2.29. The van der Waals surface area contributed by atoms with Gasteiger partial charge >= 0.3 is 0 Å². The van der Waals surface area contributed by atoms with Crippen LogP contribution in [0.15, 0.2) is 82.8 Å². The number of amides is 1. The molecule has 2 heterocycles. The molecule has 7 heteroatoms. The van der Waals surface area contributed by atoms with Gasteiger partial charge < -0.3 is 9.15 Å². The molecular formula is C22H17ClN2O3S. The van der Waals surface area contributed by atoms with E-state index in [9.17, 15) is 4.79 Å². The minimum atomic E-state index is -0.217. The maximum Gasteiger partial charge on any atom is 0.267 e. The number of benzene rings is 2. The van der Waals surface area contributed by atoms with Crippen molar-refractivity contribution in [3.63, 3.8) is 0 Å². The molecule has 0 radical (unpaired) electrons. The quantitative estimate of drug-likeness (QED) is 0.383. The summed E-state index contributed by atoms with van der Waals surface area (Å²) in [5, 5.41) is 3.14. The molecule has 4 rings (SSSR count). The Morgan fingerprint density at radius 2 is 1.86 bits per heavy atom. The first-order chi connectivity index (χ1) is 14.2. The summed E-state index contributed by atoms with van der Waals surface area (Å²) < 4.78 is 11.1. The van der Waals surface area contributed by atoms with Gasteiger partial charge in [0.15, 0.2) is 11.7 Å². The van der Waals surface area contributed by atoms with Crippen molar-refractivity contribution in [3.05, 3.63) is 89.2 Å². The Kier molecular flexibility index (Phi) is 5.93. The number of halogens is 1. The second-order valence-corrected chi connectivity index (χ2v) is 7.46. The molecule has 0 saturated carbocycles. The predicted molar refractivity (Wildman–Crippen MR) is 114 cm³/mol. The topological polar surface area (TPSA) is 55.6 Å². The van der Waals surface area contributed by atoms with Crippen LogP contribution in [0.3, 0.4) is 0 Å². The van der Waals surface area contributed by atoms with E-state index in [1.54, 1.807) is 41.5 Å². The molecule has 1 amide bonds. The lowest BCUT2D eigenvalue weighted by atomic mass is 10.2. The Balaban J connectivity index is 1.54. The minimum Gasteiger partial charge on any atom is -0.484 e. The van der Waals surface area contributed by atoms with E-state index < -0.39 is 0 Å². The molecule has 0 saturated heterocycles. The van der Waals surface area contributed by atoms with E-state index in [1.165, 1.54) is 11.3 Å². The molecule has 0 aliphatic heterocycles. The first kappa shape index (κ1) is 19.2. The smallest absolute Gasteiger partial charge is 0.267 e. The number of hydrogen-bond acceptors (Lipinski definition) is 5. The Bertz CT molecular complexity index is 1060. The van der Waals surface area contributed by atoms with Crippen LogP contribution < -0.4 is 9.64 Å². The number of furan rings is 1. The SMILES string of the molecule is O=C(COc1ccc(Cl)cc1)N(Cc1ccco1)c1nc(-c2ccccc2)cs1. The Labute approximate surface area is 177 Å². The third-order valence-corrected chi connectivity index (χ3v) is 5.28. The van der Waals surface area contributed by atoms with Crippen LogP contribution in [0.1, 0.15) is 5.76 Å². The number of nitrogens with zero attached hydrogens (tertiary/aromatic N) is 2. The summed E-state index contributed by atoms with van der Waals surface area (Å²) >= 11 is 7.29. The highest BCUT2D eigenvalue weighted by Gasteiger charge is 2.21. The molecule has 0 aliphatic carbocycles. The maximum atomic E-state index is 13.0. The third kappa shape index (κ3) is 4.85. The van der Waals surface area contributed by atoms with Gasteiger partial charge in [0.1, 0.15) is 11.5 Å². The first-order valence-electron chi connectivity index (χ1n) is 8.91. The van der Waals surface area contributed by atoms with Gasteiger partial charge in [-0.15, -0.1) is 11.3 Å². The number of carbonyl (C=O) groups is 1. The summed E-state index contributed by atoms with van der Waals surface area (Å²) in [5.41, 5.74) is 1.82. The van der Waals surface area contributed by atoms with Gasteiger partial charge in [-0.05, 0) is 36.4 Å². The van der Waals surface area contributed by atoms with Crippen LogP contribution in [-0.2, 0) is 11.3 Å². The number of ether oxygens (including phenoxy) is 1. The third-order valence-electron chi connectivity index (χ3n) is 4.16. The van der Waals surface area contributed by atoms with Crippen molar-refractivity contribution < 1.29 is 13.9 Å². The molecule has 4 aromatic rings. The predicted octanol–water partition coefficient (Wildman–Crippen LogP) is 5.67. The van der Waals surface area contributed by atoms with E-state index in [0.29, 0.717) is 21.7 Å². The molecule has 29 heavy (non-hydrogen) atoms. The zero-order chi connectivity index (χ0) is 20.1. The zero-order valence-corrected chi connectivity index (χ0v) is 16.9. The number of thiazole rings is 1. The second kappa shape index (κ2) is 8.94. The average Bonchev–Trinajstić information content (AvgIpc) is 3.44. The van der Waals surface area contributed by atoms with Crippen LogP contribution in [0.25, 0.3) is 11.3 Å². The van der Waals surface area contributed by atoms with Crippen molar-refractivity contribution in [2.24, 2.45) is 0 Å². The molecule has 2 aromatic heterocycles. The Morgan fingerprint density at radius 3 is 2.59 bits per heavy atom. The summed E-state index contributed by atoms with van der Waals surface area (Å²) in [4.78, 5) is 19.2. The van der Waals surface area contributed by atoms with E-state index in [1.807, 2.05) is 41.8 Å². The number of hydrogen-bond donors (Lipinski definition) is 0. The lowest BCUT2D eigenvalue weighted by molar-refractivity contribution is -0.120. The molecular weight excluding hydrogens is 408 g/mol. The lowest BCUT2D eigenvalue weighted by Crippen LogP contribution is -2.34. The van der Waals surface area contributed by atoms with Gasteiger partial charge in [-0.2, -0.15) is 0 Å². The molecule has 0 atom stereocenters. The summed E-state index contributed by atoms with van der Waals surface area (Å²) in [5.74, 6) is 1.02. The monoisotopic (exact) mass is 424 g/mol. The van der Waals surface area contributed by atoms with Crippen molar-refractivity contribution >= 4 is 34.0 Å². The summed E-state index contributed by atoms with van der Waals surface area (Å²) in [6.45, 7) is 0.153. The fraction of sp³-hybridized carbons (Fsp3) is 0.0909. The van der Waals surface area contributed by atoms with Crippen LogP contribution in [0.2, 0.25) is 5.02 Å². The standard InChI is InChI=1S/C22H17ClN2O3S/c23-17-8-10-18(11-9-17)28-14-21(26)25(13-19-7-4-12-27-19)22-24-20(15-29-22)16-5-2-1-3-6-16/h1-12,15H,13-14H2. The van der Waals surface area contributed by atoms with Crippen molar-refractivity contribution in [2.75, 3.05) is 11.5 Å². The number of rotatable bonds is 7. The van der Waals surface area contributed by atoms with Crippen molar-refractivity contribution in [1.82, 2.24) is 4.98 Å². The van der Waals surface area contributed by atoms with Gasteiger partial charge in [-0.1, -0.05) is 41.9 Å². The Hall–Kier alpha value is -3.09. The molecule has 146 valence electrons. The zero-order valence-electron chi connectivity index (χ0n) is 15.3. The first-order valence-corrected chi connectivity index (χ1v) is 10.2. The van der Waals surface area contributed by atoms with Crippen molar-refractivity contribution in [3.8, 4) is 17.0 Å². The maximum absolute atomic E-state index is 13.0. The average molecular weight is 425 g/mol. The number of aromatic nitrogens is 1. The van der Waals surface area contributed by atoms with Crippen LogP contribution in [0, 0.1) is 0 Å². The lowest BCUT2D eigenvalue weighted by Gasteiger charge is -2.19. The fourth-order valence-corrected chi connectivity index (χ4v) is 3.68. The van der Waals surface area contributed by atoms with Crippen LogP contribution in [0.4, 0.5) is 5.13 Å². The number of carbonyl (C=O) groups excluding carboxylic acids is 1. The van der Waals surface area contributed by atoms with E-state index >= 15 is 0 Å². The highest BCUT2D eigenvalue weighted by atomic mass is 35.5. The Morgan fingerprint density at radius 1 is 1.07 bits per heavy atom. The highest BCUT2D eigenvalue weighted by molar-refractivity contribution is 7.14. The summed E-state index contributed by atoms with van der Waals surface area (Å²) in [6.07, 6.45) is 1.58. The van der Waals surface area contributed by atoms with E-state index in [2.05, 4.69) is 4.98 Å². The fourth-order valence-electron chi connectivity index (χ4n) is 2.70. The van der Waals surface area contributed by atoms with Crippen LogP contribution in [-0.4, -0.2) is 17.5 Å². The van der Waals surface area contributed by atoms with Gasteiger partial charge in [0.25, 0.3) is 5.91 Å². The molecule has 0 unspecified atom stereocenters. The van der Waals surface area contributed by atoms with Crippen molar-refractivity contribution in [1.29, 1.82) is 0 Å². The van der Waals surface area contributed by atoms with Crippen LogP contribution in [0.5, 0.6) is 5.75 Å². The van der Waals surface area contributed by atoms with E-state index in [0.717, 1.165) is 11.3 Å². The van der Waals surface area contributed by atoms with Gasteiger partial charge in [-0.25, -0.2) is 4.98 Å². The summed E-state index contributed by atoms with van der Waals surface area (Å²) in [6, 6.07) is 20.3. The van der Waals surface area contributed by atoms with Gasteiger partial charge in [0, 0.05) is 16.0 Å². The molecule has 0 bridgehead atoms. The van der Waals surface area contributed by atoms with Gasteiger partial charge in [0.2, 0.25) is 0 Å². The molecule has 0 N–H and O–H groups in total. The molecule has 2 aromatic carbocycles. The van der Waals surface area contributed by atoms with E-state index in [4.69, 9.17) is 20.8 Å². The van der Waals surface area contributed by atoms with Gasteiger partial charge in [-0.3, -0.25) is 9.69 Å². The normalized spacial score (nSPS) is 10.7. The van der Waals surface area contributed by atoms with Crippen LogP contribution >= 0.6 is 22.9 Å². The number of anilines is 1. The van der Waals surface area contributed by atoms with E-state index in [-0.39, 0.29) is 19.1 Å². The molecule has 5 nitrogen and oxygen atoms in total.